The minimum atomic E-state index is 0.143. The molecule has 0 aromatic heterocycles. The van der Waals surface area contributed by atoms with E-state index < -0.39 is 0 Å². The Balaban J connectivity index is 2.65. The normalized spacial score (nSPS) is 28.7. The molecule has 0 N–H and O–H groups in total. The molecule has 1 nitrogen and oxygen atoms in total. The molecule has 15 heavy (non-hydrogen) atoms. The molecule has 0 unspecified atom stereocenters. The maximum absolute atomic E-state index is 12.0. The topological polar surface area (TPSA) is 17.1 Å². The van der Waals surface area contributed by atoms with Gasteiger partial charge in [-0.1, -0.05) is 32.9 Å². The molecule has 0 aromatic carbocycles. The van der Waals surface area contributed by atoms with Crippen molar-refractivity contribution in [3.05, 3.63) is 12.2 Å². The Bertz CT molecular complexity index is 250. The number of hydrogen-bond donors (Lipinski definition) is 0. The maximum Gasteiger partial charge on any atom is 0.136 e. The van der Waals surface area contributed by atoms with Crippen molar-refractivity contribution in [1.29, 1.82) is 0 Å². The Morgan fingerprint density at radius 2 is 2.07 bits per heavy atom. The standard InChI is InChI=1S/C14H24O/c1-5-6-9-14(3,4)12-8-7-11(2)10-13(12)15/h5-6,11-12H,7-10H2,1-4H3/b6-5-/t11-,12-/m1/s1. The van der Waals surface area contributed by atoms with Crippen molar-refractivity contribution in [2.75, 3.05) is 0 Å². The smallest absolute Gasteiger partial charge is 0.136 e. The molecule has 1 heteroatoms. The molecule has 1 aliphatic carbocycles. The molecule has 0 saturated heterocycles. The first-order chi connectivity index (χ1) is 6.97. The second kappa shape index (κ2) is 4.96. The lowest BCUT2D eigenvalue weighted by molar-refractivity contribution is -0.129. The highest BCUT2D eigenvalue weighted by molar-refractivity contribution is 5.82. The zero-order chi connectivity index (χ0) is 11.5. The molecule has 1 aliphatic rings. The maximum atomic E-state index is 12.0. The van der Waals surface area contributed by atoms with E-state index in [-0.39, 0.29) is 11.3 Å². The van der Waals surface area contributed by atoms with Crippen LogP contribution in [0.4, 0.5) is 0 Å². The lowest BCUT2D eigenvalue weighted by atomic mass is 9.67. The van der Waals surface area contributed by atoms with Gasteiger partial charge < -0.3 is 0 Å². The van der Waals surface area contributed by atoms with Gasteiger partial charge in [0.05, 0.1) is 0 Å². The monoisotopic (exact) mass is 208 g/mol. The molecule has 2 atom stereocenters. The summed E-state index contributed by atoms with van der Waals surface area (Å²) < 4.78 is 0. The molecule has 0 amide bonds. The van der Waals surface area contributed by atoms with Gasteiger partial charge in [0, 0.05) is 12.3 Å². The van der Waals surface area contributed by atoms with Gasteiger partial charge in [-0.05, 0) is 37.5 Å². The summed E-state index contributed by atoms with van der Waals surface area (Å²) in [6, 6.07) is 0. The number of allylic oxidation sites excluding steroid dienone is 2. The van der Waals surface area contributed by atoms with Crippen molar-refractivity contribution in [2.24, 2.45) is 17.3 Å². The Morgan fingerprint density at radius 1 is 1.40 bits per heavy atom. The number of Topliss-reactive ketones (excluding diaryl/α,β-unsaturated/α-hetero) is 1. The van der Waals surface area contributed by atoms with E-state index in [4.69, 9.17) is 0 Å². The molecule has 1 saturated carbocycles. The van der Waals surface area contributed by atoms with Gasteiger partial charge in [-0.15, -0.1) is 0 Å². The van der Waals surface area contributed by atoms with Gasteiger partial charge in [-0.25, -0.2) is 0 Å². The summed E-state index contributed by atoms with van der Waals surface area (Å²) in [7, 11) is 0. The van der Waals surface area contributed by atoms with Gasteiger partial charge in [0.25, 0.3) is 0 Å². The number of rotatable bonds is 3. The van der Waals surface area contributed by atoms with Crippen LogP contribution in [-0.4, -0.2) is 5.78 Å². The Labute approximate surface area is 93.9 Å². The molecule has 0 aliphatic heterocycles. The summed E-state index contributed by atoms with van der Waals surface area (Å²) in [5.41, 5.74) is 0.143. The van der Waals surface area contributed by atoms with Crippen LogP contribution >= 0.6 is 0 Å². The predicted molar refractivity (Wildman–Crippen MR) is 64.7 cm³/mol. The second-order valence-corrected chi connectivity index (χ2v) is 5.67. The molecule has 0 radical (unpaired) electrons. The van der Waals surface area contributed by atoms with Crippen LogP contribution in [0, 0.1) is 17.3 Å². The van der Waals surface area contributed by atoms with Gasteiger partial charge in [0.1, 0.15) is 5.78 Å². The number of carbonyl (C=O) groups is 1. The summed E-state index contributed by atoms with van der Waals surface area (Å²) in [5, 5.41) is 0. The van der Waals surface area contributed by atoms with Crippen LogP contribution in [0.3, 0.4) is 0 Å². The minimum absolute atomic E-state index is 0.143. The van der Waals surface area contributed by atoms with Crippen molar-refractivity contribution in [1.82, 2.24) is 0 Å². The van der Waals surface area contributed by atoms with Crippen LogP contribution in [0.5, 0.6) is 0 Å². The lowest BCUT2D eigenvalue weighted by Gasteiger charge is -2.36. The fourth-order valence-electron chi connectivity index (χ4n) is 2.59. The first-order valence-corrected chi connectivity index (χ1v) is 6.11. The molecule has 0 bridgehead atoms. The van der Waals surface area contributed by atoms with Gasteiger partial charge in [-0.2, -0.15) is 0 Å². The SMILES string of the molecule is C/C=C\CC(C)(C)[C@@H]1CC[C@@H](C)CC1=O. The average Bonchev–Trinajstić information content (AvgIpc) is 2.14. The Kier molecular flexibility index (Phi) is 4.12. The number of ketones is 1. The van der Waals surface area contributed by atoms with Crippen LogP contribution in [0.25, 0.3) is 0 Å². The van der Waals surface area contributed by atoms with Crippen molar-refractivity contribution in [3.8, 4) is 0 Å². The number of carbonyl (C=O) groups excluding carboxylic acids is 1. The van der Waals surface area contributed by atoms with Gasteiger partial charge in [-0.3, -0.25) is 4.79 Å². The first-order valence-electron chi connectivity index (χ1n) is 6.11. The summed E-state index contributed by atoms with van der Waals surface area (Å²) >= 11 is 0. The third-order valence-corrected chi connectivity index (χ3v) is 3.71. The predicted octanol–water partition coefficient (Wildman–Crippen LogP) is 3.98. The second-order valence-electron chi connectivity index (χ2n) is 5.67. The van der Waals surface area contributed by atoms with Crippen molar-refractivity contribution >= 4 is 5.78 Å². The van der Waals surface area contributed by atoms with Crippen LogP contribution in [0.1, 0.15) is 53.4 Å². The van der Waals surface area contributed by atoms with E-state index in [9.17, 15) is 4.79 Å². The highest BCUT2D eigenvalue weighted by atomic mass is 16.1. The quantitative estimate of drug-likeness (QED) is 0.641. The summed E-state index contributed by atoms with van der Waals surface area (Å²) in [6.07, 6.45) is 8.39. The Morgan fingerprint density at radius 3 is 2.60 bits per heavy atom. The van der Waals surface area contributed by atoms with E-state index in [1.807, 2.05) is 6.92 Å². The highest BCUT2D eigenvalue weighted by Crippen LogP contribution is 2.40. The van der Waals surface area contributed by atoms with Crippen molar-refractivity contribution in [3.63, 3.8) is 0 Å². The average molecular weight is 208 g/mol. The van der Waals surface area contributed by atoms with E-state index in [0.29, 0.717) is 11.7 Å². The molecular weight excluding hydrogens is 184 g/mol. The van der Waals surface area contributed by atoms with E-state index in [1.165, 1.54) is 6.42 Å². The van der Waals surface area contributed by atoms with Crippen molar-refractivity contribution < 1.29 is 4.79 Å². The van der Waals surface area contributed by atoms with Crippen LogP contribution in [0.2, 0.25) is 0 Å². The zero-order valence-corrected chi connectivity index (χ0v) is 10.5. The van der Waals surface area contributed by atoms with E-state index >= 15 is 0 Å². The van der Waals surface area contributed by atoms with E-state index in [1.54, 1.807) is 0 Å². The van der Waals surface area contributed by atoms with Gasteiger partial charge in [0.15, 0.2) is 0 Å². The molecule has 1 fully saturated rings. The molecule has 86 valence electrons. The van der Waals surface area contributed by atoms with E-state index in [0.717, 1.165) is 19.3 Å². The van der Waals surface area contributed by atoms with Crippen LogP contribution in [0.15, 0.2) is 12.2 Å². The molecule has 0 aromatic rings. The first kappa shape index (κ1) is 12.5. The third kappa shape index (κ3) is 3.19. The van der Waals surface area contributed by atoms with Crippen LogP contribution in [-0.2, 0) is 4.79 Å². The molecule has 0 heterocycles. The van der Waals surface area contributed by atoms with Crippen molar-refractivity contribution in [2.45, 2.75) is 53.4 Å². The van der Waals surface area contributed by atoms with E-state index in [2.05, 4.69) is 32.9 Å². The summed E-state index contributed by atoms with van der Waals surface area (Å²) in [6.45, 7) is 8.69. The molecule has 1 rings (SSSR count). The summed E-state index contributed by atoms with van der Waals surface area (Å²) in [4.78, 5) is 12.0. The molecule has 0 spiro atoms. The fraction of sp³-hybridized carbons (Fsp3) is 0.786. The number of hydrogen-bond acceptors (Lipinski definition) is 1. The Hall–Kier alpha value is -0.590. The highest BCUT2D eigenvalue weighted by Gasteiger charge is 2.36. The third-order valence-electron chi connectivity index (χ3n) is 3.71. The summed E-state index contributed by atoms with van der Waals surface area (Å²) in [5.74, 6) is 1.37. The lowest BCUT2D eigenvalue weighted by Crippen LogP contribution is -2.35. The fourth-order valence-corrected chi connectivity index (χ4v) is 2.59. The minimum Gasteiger partial charge on any atom is -0.299 e. The zero-order valence-electron chi connectivity index (χ0n) is 10.5. The van der Waals surface area contributed by atoms with Gasteiger partial charge >= 0.3 is 0 Å². The van der Waals surface area contributed by atoms with Gasteiger partial charge in [0.2, 0.25) is 0 Å². The van der Waals surface area contributed by atoms with Crippen LogP contribution < -0.4 is 0 Å². The molecular formula is C14H24O. The largest absolute Gasteiger partial charge is 0.299 e.